The minimum atomic E-state index is -1.43. The first kappa shape index (κ1) is 13.5. The molecule has 0 saturated carbocycles. The van der Waals surface area contributed by atoms with Gasteiger partial charge in [-0.2, -0.15) is 0 Å². The molecular weight excluding hydrogens is 346 g/mol. The highest BCUT2D eigenvalue weighted by molar-refractivity contribution is 14.1. The van der Waals surface area contributed by atoms with Crippen molar-refractivity contribution in [2.75, 3.05) is 5.32 Å². The van der Waals surface area contributed by atoms with Gasteiger partial charge in [-0.15, -0.1) is 0 Å². The first-order valence-electron chi connectivity index (χ1n) is 5.66. The molecule has 2 rings (SSSR count). The third-order valence-electron chi connectivity index (χ3n) is 2.94. The van der Waals surface area contributed by atoms with Gasteiger partial charge in [0.2, 0.25) is 0 Å². The molecule has 1 aliphatic carbocycles. The number of ketones is 1. The maximum Gasteiger partial charge on any atom is 0.192 e. The van der Waals surface area contributed by atoms with Crippen LogP contribution in [0.5, 0.6) is 0 Å². The standard InChI is InChI=1S/C13H14FIN2O/c1-13(2)7-8(6-10(18)11(13)14)17-12-9(15)4-3-5-16-12/h3-6,11H,7H2,1-2H3,(H,16,17). The molecule has 0 amide bonds. The molecule has 0 spiro atoms. The first-order valence-corrected chi connectivity index (χ1v) is 6.74. The van der Waals surface area contributed by atoms with Gasteiger partial charge in [-0.3, -0.25) is 4.79 Å². The van der Waals surface area contributed by atoms with Crippen LogP contribution in [0.2, 0.25) is 0 Å². The molecule has 1 atom stereocenters. The summed E-state index contributed by atoms with van der Waals surface area (Å²) < 4.78 is 14.7. The molecule has 3 nitrogen and oxygen atoms in total. The summed E-state index contributed by atoms with van der Waals surface area (Å²) in [6.45, 7) is 3.52. The average Bonchev–Trinajstić information content (AvgIpc) is 2.29. The molecule has 0 bridgehead atoms. The van der Waals surface area contributed by atoms with Gasteiger partial charge in [-0.25, -0.2) is 9.37 Å². The lowest BCUT2D eigenvalue weighted by molar-refractivity contribution is -0.123. The number of hydrogen-bond acceptors (Lipinski definition) is 3. The number of carbonyl (C=O) groups excluding carboxylic acids is 1. The van der Waals surface area contributed by atoms with E-state index >= 15 is 0 Å². The van der Waals surface area contributed by atoms with Crippen molar-refractivity contribution in [2.45, 2.75) is 26.4 Å². The van der Waals surface area contributed by atoms with Crippen LogP contribution in [0.3, 0.4) is 0 Å². The molecule has 1 aromatic heterocycles. The van der Waals surface area contributed by atoms with E-state index in [0.29, 0.717) is 12.2 Å². The monoisotopic (exact) mass is 360 g/mol. The van der Waals surface area contributed by atoms with Crippen LogP contribution in [0.25, 0.3) is 0 Å². The van der Waals surface area contributed by atoms with Crippen LogP contribution < -0.4 is 5.32 Å². The Hall–Kier alpha value is -0.980. The maximum atomic E-state index is 13.7. The van der Waals surface area contributed by atoms with Gasteiger partial charge in [0, 0.05) is 23.4 Å². The number of rotatable bonds is 2. The van der Waals surface area contributed by atoms with Crippen molar-refractivity contribution < 1.29 is 9.18 Å². The van der Waals surface area contributed by atoms with E-state index in [1.165, 1.54) is 6.08 Å². The van der Waals surface area contributed by atoms with Crippen LogP contribution in [0.1, 0.15) is 20.3 Å². The number of alkyl halides is 1. The highest BCUT2D eigenvalue weighted by atomic mass is 127. The van der Waals surface area contributed by atoms with Crippen LogP contribution >= 0.6 is 22.6 Å². The number of pyridine rings is 1. The second kappa shape index (κ2) is 4.95. The Bertz CT molecular complexity index is 513. The van der Waals surface area contributed by atoms with E-state index in [4.69, 9.17) is 0 Å². The van der Waals surface area contributed by atoms with Crippen LogP contribution in [0.15, 0.2) is 30.1 Å². The number of carbonyl (C=O) groups is 1. The van der Waals surface area contributed by atoms with E-state index in [2.05, 4.69) is 32.9 Å². The molecule has 0 aliphatic heterocycles. The molecule has 1 heterocycles. The second-order valence-electron chi connectivity index (χ2n) is 5.06. The SMILES string of the molecule is CC1(C)CC(Nc2ncccc2I)=CC(=O)C1F. The van der Waals surface area contributed by atoms with E-state index < -0.39 is 17.4 Å². The van der Waals surface area contributed by atoms with Crippen molar-refractivity contribution in [1.82, 2.24) is 4.98 Å². The van der Waals surface area contributed by atoms with Gasteiger partial charge in [0.15, 0.2) is 12.0 Å². The Morgan fingerprint density at radius 3 is 2.89 bits per heavy atom. The third kappa shape index (κ3) is 2.71. The number of hydrogen-bond donors (Lipinski definition) is 1. The fourth-order valence-corrected chi connectivity index (χ4v) is 2.45. The summed E-state index contributed by atoms with van der Waals surface area (Å²) in [6, 6.07) is 3.76. The lowest BCUT2D eigenvalue weighted by Gasteiger charge is -2.32. The Balaban J connectivity index is 2.23. The molecule has 0 fully saturated rings. The molecule has 18 heavy (non-hydrogen) atoms. The van der Waals surface area contributed by atoms with Crippen LogP contribution in [0, 0.1) is 8.99 Å². The fourth-order valence-electron chi connectivity index (χ4n) is 1.97. The van der Waals surface area contributed by atoms with Crippen LogP contribution in [-0.2, 0) is 4.79 Å². The highest BCUT2D eigenvalue weighted by Crippen LogP contribution is 2.36. The minimum Gasteiger partial charge on any atom is -0.343 e. The first-order chi connectivity index (χ1) is 8.40. The molecule has 1 N–H and O–H groups in total. The van der Waals surface area contributed by atoms with Crippen LogP contribution in [-0.4, -0.2) is 16.9 Å². The summed E-state index contributed by atoms with van der Waals surface area (Å²) in [4.78, 5) is 15.8. The predicted octanol–water partition coefficient (Wildman–Crippen LogP) is 3.32. The van der Waals surface area contributed by atoms with E-state index in [9.17, 15) is 9.18 Å². The number of allylic oxidation sites excluding steroid dienone is 2. The predicted molar refractivity (Wildman–Crippen MR) is 77.0 cm³/mol. The fraction of sp³-hybridized carbons (Fsp3) is 0.385. The molecule has 1 aliphatic rings. The van der Waals surface area contributed by atoms with Gasteiger partial charge < -0.3 is 5.32 Å². The molecular formula is C13H14FIN2O. The quantitative estimate of drug-likeness (QED) is 0.823. The van der Waals surface area contributed by atoms with Gasteiger partial charge in [-0.1, -0.05) is 13.8 Å². The summed E-state index contributed by atoms with van der Waals surface area (Å²) in [7, 11) is 0. The van der Waals surface area contributed by atoms with Crippen molar-refractivity contribution in [1.29, 1.82) is 0 Å². The Morgan fingerprint density at radius 1 is 1.56 bits per heavy atom. The van der Waals surface area contributed by atoms with Crippen LogP contribution in [0.4, 0.5) is 10.2 Å². The molecule has 0 saturated heterocycles. The maximum absolute atomic E-state index is 13.7. The number of aromatic nitrogens is 1. The normalized spacial score (nSPS) is 22.6. The van der Waals surface area contributed by atoms with E-state index in [1.54, 1.807) is 20.0 Å². The van der Waals surface area contributed by atoms with Crippen molar-refractivity contribution in [2.24, 2.45) is 5.41 Å². The van der Waals surface area contributed by atoms with Gasteiger partial charge in [0.1, 0.15) is 5.82 Å². The zero-order valence-electron chi connectivity index (χ0n) is 10.2. The Morgan fingerprint density at radius 2 is 2.28 bits per heavy atom. The van der Waals surface area contributed by atoms with Gasteiger partial charge in [0.25, 0.3) is 0 Å². The Kier molecular flexibility index (Phi) is 3.70. The largest absolute Gasteiger partial charge is 0.343 e. The number of nitrogens with zero attached hydrogens (tertiary/aromatic N) is 1. The van der Waals surface area contributed by atoms with E-state index in [1.807, 2.05) is 12.1 Å². The minimum absolute atomic E-state index is 0.473. The topological polar surface area (TPSA) is 42.0 Å². The molecule has 0 radical (unpaired) electrons. The zero-order valence-corrected chi connectivity index (χ0v) is 12.4. The lowest BCUT2D eigenvalue weighted by atomic mass is 9.77. The number of halogens is 2. The van der Waals surface area contributed by atoms with E-state index in [-0.39, 0.29) is 0 Å². The van der Waals surface area contributed by atoms with Crippen molar-refractivity contribution in [3.63, 3.8) is 0 Å². The van der Waals surface area contributed by atoms with Gasteiger partial charge in [0.05, 0.1) is 3.57 Å². The smallest absolute Gasteiger partial charge is 0.192 e. The van der Waals surface area contributed by atoms with Crippen molar-refractivity contribution >= 4 is 34.2 Å². The highest BCUT2D eigenvalue weighted by Gasteiger charge is 2.38. The van der Waals surface area contributed by atoms with Crippen molar-refractivity contribution in [3.8, 4) is 0 Å². The summed E-state index contributed by atoms with van der Waals surface area (Å²) in [5.41, 5.74) is 0.0458. The summed E-state index contributed by atoms with van der Waals surface area (Å²) in [5.74, 6) is 0.227. The zero-order chi connectivity index (χ0) is 13.3. The third-order valence-corrected chi connectivity index (χ3v) is 3.81. The van der Waals surface area contributed by atoms with Gasteiger partial charge >= 0.3 is 0 Å². The number of anilines is 1. The van der Waals surface area contributed by atoms with Gasteiger partial charge in [-0.05, 0) is 41.1 Å². The molecule has 96 valence electrons. The second-order valence-corrected chi connectivity index (χ2v) is 6.22. The molecule has 1 aromatic rings. The Labute approximate surface area is 119 Å². The molecule has 5 heteroatoms. The molecule has 0 aromatic carbocycles. The summed E-state index contributed by atoms with van der Waals surface area (Å²) in [6.07, 6.45) is 2.09. The van der Waals surface area contributed by atoms with Crippen molar-refractivity contribution in [3.05, 3.63) is 33.7 Å². The summed E-state index contributed by atoms with van der Waals surface area (Å²) in [5, 5.41) is 3.11. The number of nitrogens with one attached hydrogen (secondary N) is 1. The molecule has 1 unspecified atom stereocenters. The van der Waals surface area contributed by atoms with E-state index in [0.717, 1.165) is 9.27 Å². The summed E-state index contributed by atoms with van der Waals surface area (Å²) >= 11 is 2.16. The lowest BCUT2D eigenvalue weighted by Crippen LogP contribution is -2.37. The average molecular weight is 360 g/mol.